The zero-order valence-electron chi connectivity index (χ0n) is 12.1. The molecule has 2 saturated heterocycles. The molecule has 4 rings (SSSR count). The highest BCUT2D eigenvalue weighted by atomic mass is 32.1. The number of ether oxygens (including phenoxy) is 1. The molecule has 4 nitrogen and oxygen atoms in total. The average Bonchev–Trinajstić information content (AvgIpc) is 3.03. The van der Waals surface area contributed by atoms with Crippen LogP contribution in [0.1, 0.15) is 25.7 Å². The van der Waals surface area contributed by atoms with E-state index in [2.05, 4.69) is 28.0 Å². The van der Waals surface area contributed by atoms with Crippen LogP contribution in [0.25, 0.3) is 10.4 Å². The molecule has 0 aliphatic carbocycles. The quantitative estimate of drug-likeness (QED) is 0.872. The molecule has 2 aromatic rings. The van der Waals surface area contributed by atoms with Gasteiger partial charge in [0.15, 0.2) is 0 Å². The molecule has 21 heavy (non-hydrogen) atoms. The molecule has 4 heterocycles. The maximum Gasteiger partial charge on any atom is 0.273 e. The van der Waals surface area contributed by atoms with E-state index in [-0.39, 0.29) is 0 Å². The zero-order valence-corrected chi connectivity index (χ0v) is 12.9. The SMILES string of the molecule is CN1C2CC[C@H]1CC(Oc1ncc(-c3cccnc3)s1)C2. The fraction of sp³-hybridized carbons (Fsp3) is 0.500. The number of aromatic nitrogens is 2. The van der Waals surface area contributed by atoms with Crippen LogP contribution in [0.3, 0.4) is 0 Å². The second-order valence-corrected chi connectivity index (χ2v) is 6.99. The molecule has 0 saturated carbocycles. The maximum absolute atomic E-state index is 6.15. The summed E-state index contributed by atoms with van der Waals surface area (Å²) in [5.41, 5.74) is 1.10. The number of piperidine rings is 1. The number of nitrogens with zero attached hydrogens (tertiary/aromatic N) is 3. The van der Waals surface area contributed by atoms with Crippen molar-refractivity contribution in [3.63, 3.8) is 0 Å². The van der Waals surface area contributed by atoms with Crippen LogP contribution in [0, 0.1) is 0 Å². The molecular weight excluding hydrogens is 282 g/mol. The van der Waals surface area contributed by atoms with Gasteiger partial charge in [-0.1, -0.05) is 17.4 Å². The van der Waals surface area contributed by atoms with Crippen molar-refractivity contribution in [1.29, 1.82) is 0 Å². The molecule has 0 aromatic carbocycles. The van der Waals surface area contributed by atoms with Gasteiger partial charge in [0.05, 0.1) is 4.88 Å². The van der Waals surface area contributed by atoms with Gasteiger partial charge >= 0.3 is 0 Å². The lowest BCUT2D eigenvalue weighted by molar-refractivity contribution is 0.0660. The van der Waals surface area contributed by atoms with Gasteiger partial charge in [-0.15, -0.1) is 0 Å². The number of hydrogen-bond donors (Lipinski definition) is 0. The first-order valence-corrected chi connectivity index (χ1v) is 8.36. The van der Waals surface area contributed by atoms with E-state index in [1.165, 1.54) is 12.8 Å². The van der Waals surface area contributed by atoms with Crippen molar-refractivity contribution in [2.45, 2.75) is 43.9 Å². The fourth-order valence-electron chi connectivity index (χ4n) is 3.55. The third-order valence-corrected chi connectivity index (χ3v) is 5.69. The van der Waals surface area contributed by atoms with E-state index in [0.717, 1.165) is 28.5 Å². The summed E-state index contributed by atoms with van der Waals surface area (Å²) >= 11 is 1.62. The van der Waals surface area contributed by atoms with Crippen LogP contribution in [-0.2, 0) is 0 Å². The molecule has 0 spiro atoms. The first-order valence-electron chi connectivity index (χ1n) is 7.54. The van der Waals surface area contributed by atoms with Crippen LogP contribution < -0.4 is 4.74 Å². The van der Waals surface area contributed by atoms with E-state index in [0.29, 0.717) is 18.2 Å². The van der Waals surface area contributed by atoms with Crippen molar-refractivity contribution in [3.8, 4) is 15.6 Å². The van der Waals surface area contributed by atoms with Crippen LogP contribution in [0.4, 0.5) is 0 Å². The van der Waals surface area contributed by atoms with E-state index >= 15 is 0 Å². The molecule has 2 bridgehead atoms. The van der Waals surface area contributed by atoms with Crippen LogP contribution in [0.15, 0.2) is 30.7 Å². The Kier molecular flexibility index (Phi) is 3.39. The minimum absolute atomic E-state index is 0.326. The molecule has 0 radical (unpaired) electrons. The Labute approximate surface area is 128 Å². The molecule has 5 heteroatoms. The number of hydrogen-bond acceptors (Lipinski definition) is 5. The van der Waals surface area contributed by atoms with Crippen LogP contribution in [0.2, 0.25) is 0 Å². The summed E-state index contributed by atoms with van der Waals surface area (Å²) in [6.45, 7) is 0. The van der Waals surface area contributed by atoms with Crippen molar-refractivity contribution < 1.29 is 4.74 Å². The van der Waals surface area contributed by atoms with E-state index in [1.807, 2.05) is 18.5 Å². The zero-order chi connectivity index (χ0) is 14.2. The summed E-state index contributed by atoms with van der Waals surface area (Å²) < 4.78 is 6.15. The van der Waals surface area contributed by atoms with E-state index in [4.69, 9.17) is 4.74 Å². The lowest BCUT2D eigenvalue weighted by Crippen LogP contribution is -2.43. The molecule has 3 atom stereocenters. The first-order chi connectivity index (χ1) is 10.3. The van der Waals surface area contributed by atoms with Crippen molar-refractivity contribution in [2.24, 2.45) is 0 Å². The van der Waals surface area contributed by atoms with Crippen LogP contribution >= 0.6 is 11.3 Å². The van der Waals surface area contributed by atoms with Crippen molar-refractivity contribution in [3.05, 3.63) is 30.7 Å². The maximum atomic E-state index is 6.15. The second kappa shape index (κ2) is 5.39. The molecule has 0 N–H and O–H groups in total. The van der Waals surface area contributed by atoms with Gasteiger partial charge in [-0.05, 0) is 38.8 Å². The summed E-state index contributed by atoms with van der Waals surface area (Å²) in [7, 11) is 2.25. The predicted molar refractivity (Wildman–Crippen MR) is 83.6 cm³/mol. The van der Waals surface area contributed by atoms with Gasteiger partial charge < -0.3 is 9.64 Å². The highest BCUT2D eigenvalue weighted by Crippen LogP contribution is 2.37. The normalized spacial score (nSPS) is 28.7. The topological polar surface area (TPSA) is 38.2 Å². The van der Waals surface area contributed by atoms with E-state index < -0.39 is 0 Å². The Morgan fingerprint density at radius 1 is 1.24 bits per heavy atom. The molecular formula is C16H19N3OS. The molecule has 2 aliphatic rings. The van der Waals surface area contributed by atoms with Gasteiger partial charge in [0.1, 0.15) is 6.10 Å². The molecule has 2 fully saturated rings. The largest absolute Gasteiger partial charge is 0.467 e. The standard InChI is InChI=1S/C16H19N3OS/c1-19-12-4-5-13(19)8-14(7-12)20-16-18-10-15(21-16)11-3-2-6-17-9-11/h2-3,6,9-10,12-14H,4-5,7-8H2,1H3/t12-,13?,14?/m0/s1. The summed E-state index contributed by atoms with van der Waals surface area (Å²) in [6.07, 6.45) is 10.8. The first kappa shape index (κ1) is 13.2. The van der Waals surface area contributed by atoms with Crippen molar-refractivity contribution in [1.82, 2.24) is 14.9 Å². The third kappa shape index (κ3) is 2.56. The summed E-state index contributed by atoms with van der Waals surface area (Å²) in [4.78, 5) is 12.2. The minimum Gasteiger partial charge on any atom is -0.467 e. The Bertz CT molecular complexity index is 601. The van der Waals surface area contributed by atoms with Crippen LogP contribution in [-0.4, -0.2) is 40.1 Å². The summed E-state index contributed by atoms with van der Waals surface area (Å²) in [5, 5.41) is 0.794. The summed E-state index contributed by atoms with van der Waals surface area (Å²) in [6, 6.07) is 5.41. The number of pyridine rings is 1. The number of thiazole rings is 1. The highest BCUT2D eigenvalue weighted by molar-refractivity contribution is 7.16. The van der Waals surface area contributed by atoms with E-state index in [9.17, 15) is 0 Å². The Morgan fingerprint density at radius 2 is 2.05 bits per heavy atom. The Morgan fingerprint density at radius 3 is 2.76 bits per heavy atom. The number of fused-ring (bicyclic) bond motifs is 2. The monoisotopic (exact) mass is 301 g/mol. The van der Waals surface area contributed by atoms with Crippen LogP contribution in [0.5, 0.6) is 5.19 Å². The van der Waals surface area contributed by atoms with Gasteiger partial charge in [-0.2, -0.15) is 0 Å². The minimum atomic E-state index is 0.326. The van der Waals surface area contributed by atoms with Crippen molar-refractivity contribution >= 4 is 11.3 Å². The van der Waals surface area contributed by atoms with Gasteiger partial charge in [-0.3, -0.25) is 4.98 Å². The van der Waals surface area contributed by atoms with Gasteiger partial charge in [0.25, 0.3) is 5.19 Å². The lowest BCUT2D eigenvalue weighted by atomic mass is 10.0. The van der Waals surface area contributed by atoms with Gasteiger partial charge in [0.2, 0.25) is 0 Å². The number of rotatable bonds is 3. The predicted octanol–water partition coefficient (Wildman–Crippen LogP) is 3.21. The van der Waals surface area contributed by atoms with Crippen molar-refractivity contribution in [2.75, 3.05) is 7.05 Å². The fourth-order valence-corrected chi connectivity index (χ4v) is 4.38. The van der Waals surface area contributed by atoms with E-state index in [1.54, 1.807) is 17.5 Å². The molecule has 0 amide bonds. The van der Waals surface area contributed by atoms with Gasteiger partial charge in [0, 0.05) is 36.2 Å². The Hall–Kier alpha value is -1.46. The van der Waals surface area contributed by atoms with Gasteiger partial charge in [-0.25, -0.2) is 4.98 Å². The molecule has 110 valence electrons. The smallest absolute Gasteiger partial charge is 0.273 e. The Balaban J connectivity index is 1.45. The molecule has 2 aromatic heterocycles. The highest BCUT2D eigenvalue weighted by Gasteiger charge is 2.39. The summed E-state index contributed by atoms with van der Waals surface area (Å²) in [5.74, 6) is 0. The lowest BCUT2D eigenvalue weighted by Gasteiger charge is -2.35. The molecule has 2 aliphatic heterocycles. The third-order valence-electron chi connectivity index (χ3n) is 4.75. The second-order valence-electron chi connectivity index (χ2n) is 5.99. The average molecular weight is 301 g/mol. The molecule has 2 unspecified atom stereocenters.